The second-order valence-corrected chi connectivity index (χ2v) is 28.5. The Bertz CT molecular complexity index is 1540. The van der Waals surface area contributed by atoms with Gasteiger partial charge in [-0.15, -0.1) is 0 Å². The SMILES string of the molecule is CCCCCCC/C=C\C/C=C\C/C=C\CCCCCCCCC(=O)OC(COC(=O)CCCCCCCCCCCCCCCCCCCCCCCCCCCCCCCCCCCCCCCCCCC)COP(=O)(O)OCC[N+](C)(C)C. The Morgan fingerprint density at radius 3 is 0.930 bits per heavy atom. The van der Waals surface area contributed by atoms with Crippen LogP contribution in [0.2, 0.25) is 0 Å². The van der Waals surface area contributed by atoms with Crippen LogP contribution in [0, 0.1) is 0 Å². The molecule has 0 aliphatic heterocycles. The van der Waals surface area contributed by atoms with Crippen molar-refractivity contribution >= 4 is 19.8 Å². The number of hydrogen-bond acceptors (Lipinski definition) is 7. The van der Waals surface area contributed by atoms with Crippen molar-refractivity contribution in [3.05, 3.63) is 36.5 Å². The Morgan fingerprint density at radius 1 is 0.360 bits per heavy atom. The van der Waals surface area contributed by atoms with Crippen LogP contribution in [-0.4, -0.2) is 74.9 Å². The van der Waals surface area contributed by atoms with Gasteiger partial charge in [-0.1, -0.05) is 359 Å². The first-order valence-corrected chi connectivity index (χ1v) is 39.2. The fourth-order valence-electron chi connectivity index (χ4n) is 11.4. The van der Waals surface area contributed by atoms with Crippen molar-refractivity contribution in [1.82, 2.24) is 0 Å². The first-order valence-electron chi connectivity index (χ1n) is 37.7. The molecular formula is C76H147NO8P+. The molecule has 508 valence electrons. The van der Waals surface area contributed by atoms with Gasteiger partial charge in [0.2, 0.25) is 0 Å². The van der Waals surface area contributed by atoms with Crippen LogP contribution in [0.25, 0.3) is 0 Å². The summed E-state index contributed by atoms with van der Waals surface area (Å²) in [5, 5.41) is 0. The molecule has 10 heteroatoms. The molecule has 0 rings (SSSR count). The number of unbranched alkanes of at least 4 members (excludes halogenated alkanes) is 51. The Balaban J connectivity index is 3.86. The number of likely N-dealkylation sites (N-methyl/N-ethyl adjacent to an activating group) is 1. The number of carbonyl (C=O) groups excluding carboxylic acids is 2. The van der Waals surface area contributed by atoms with Gasteiger partial charge in [-0.05, 0) is 51.4 Å². The Morgan fingerprint density at radius 2 is 0.628 bits per heavy atom. The zero-order valence-corrected chi connectivity index (χ0v) is 59.0. The van der Waals surface area contributed by atoms with Crippen LogP contribution in [0.1, 0.15) is 386 Å². The maximum atomic E-state index is 12.9. The molecular weight excluding hydrogens is 1090 g/mol. The highest BCUT2D eigenvalue weighted by Crippen LogP contribution is 2.43. The zero-order chi connectivity index (χ0) is 62.6. The van der Waals surface area contributed by atoms with Crippen LogP contribution in [0.5, 0.6) is 0 Å². The Hall–Kier alpha value is -1.77. The van der Waals surface area contributed by atoms with Crippen LogP contribution in [0.15, 0.2) is 36.5 Å². The van der Waals surface area contributed by atoms with E-state index in [-0.39, 0.29) is 25.6 Å². The van der Waals surface area contributed by atoms with E-state index >= 15 is 0 Å². The molecule has 0 amide bonds. The lowest BCUT2D eigenvalue weighted by Gasteiger charge is -2.24. The number of phosphoric acid groups is 1. The van der Waals surface area contributed by atoms with Gasteiger partial charge in [0, 0.05) is 12.8 Å². The highest BCUT2D eigenvalue weighted by atomic mass is 31.2. The highest BCUT2D eigenvalue weighted by Gasteiger charge is 2.27. The van der Waals surface area contributed by atoms with Crippen molar-refractivity contribution in [2.75, 3.05) is 47.5 Å². The van der Waals surface area contributed by atoms with Crippen LogP contribution < -0.4 is 0 Å². The third-order valence-electron chi connectivity index (χ3n) is 17.2. The molecule has 9 nitrogen and oxygen atoms in total. The maximum Gasteiger partial charge on any atom is 0.472 e. The van der Waals surface area contributed by atoms with Crippen LogP contribution in [0.3, 0.4) is 0 Å². The van der Waals surface area contributed by atoms with E-state index in [2.05, 4.69) is 50.3 Å². The Kier molecular flexibility index (Phi) is 66.2. The molecule has 0 radical (unpaired) electrons. The highest BCUT2D eigenvalue weighted by molar-refractivity contribution is 7.47. The second-order valence-electron chi connectivity index (χ2n) is 27.0. The minimum absolute atomic E-state index is 0.0302. The number of rotatable bonds is 71. The average molecular weight is 1230 g/mol. The zero-order valence-electron chi connectivity index (χ0n) is 58.1. The Labute approximate surface area is 535 Å². The molecule has 0 fully saturated rings. The fourth-order valence-corrected chi connectivity index (χ4v) is 12.1. The molecule has 86 heavy (non-hydrogen) atoms. The third kappa shape index (κ3) is 71.3. The van der Waals surface area contributed by atoms with Gasteiger partial charge in [0.15, 0.2) is 6.10 Å². The minimum atomic E-state index is -4.39. The van der Waals surface area contributed by atoms with Crippen molar-refractivity contribution < 1.29 is 42.1 Å². The molecule has 0 aromatic rings. The molecule has 0 spiro atoms. The van der Waals surface area contributed by atoms with E-state index in [9.17, 15) is 19.0 Å². The van der Waals surface area contributed by atoms with Crippen molar-refractivity contribution in [2.45, 2.75) is 392 Å². The molecule has 1 N–H and O–H groups in total. The van der Waals surface area contributed by atoms with Gasteiger partial charge in [0.1, 0.15) is 19.8 Å². The lowest BCUT2D eigenvalue weighted by Crippen LogP contribution is -2.37. The molecule has 0 aliphatic carbocycles. The molecule has 0 saturated heterocycles. The number of ether oxygens (including phenoxy) is 2. The molecule has 2 atom stereocenters. The summed E-state index contributed by atoms with van der Waals surface area (Å²) >= 11 is 0. The summed E-state index contributed by atoms with van der Waals surface area (Å²) in [6, 6.07) is 0. The molecule has 0 bridgehead atoms. The van der Waals surface area contributed by atoms with Gasteiger partial charge >= 0.3 is 19.8 Å². The van der Waals surface area contributed by atoms with E-state index in [0.29, 0.717) is 23.9 Å². The lowest BCUT2D eigenvalue weighted by atomic mass is 10.0. The van der Waals surface area contributed by atoms with E-state index < -0.39 is 26.5 Å². The van der Waals surface area contributed by atoms with Crippen LogP contribution in [0.4, 0.5) is 0 Å². The predicted octanol–water partition coefficient (Wildman–Crippen LogP) is 24.6. The van der Waals surface area contributed by atoms with Gasteiger partial charge in [0.05, 0.1) is 27.7 Å². The van der Waals surface area contributed by atoms with Gasteiger partial charge in [0.25, 0.3) is 0 Å². The fraction of sp³-hybridized carbons (Fsp3) is 0.895. The van der Waals surface area contributed by atoms with Crippen molar-refractivity contribution in [2.24, 2.45) is 0 Å². The number of hydrogen-bond donors (Lipinski definition) is 1. The number of carbonyl (C=O) groups is 2. The number of esters is 2. The van der Waals surface area contributed by atoms with E-state index in [0.717, 1.165) is 70.6 Å². The smallest absolute Gasteiger partial charge is 0.462 e. The topological polar surface area (TPSA) is 108 Å². The summed E-state index contributed by atoms with van der Waals surface area (Å²) < 4.78 is 34.7. The summed E-state index contributed by atoms with van der Waals surface area (Å²) in [4.78, 5) is 35.8. The monoisotopic (exact) mass is 1230 g/mol. The summed E-state index contributed by atoms with van der Waals surface area (Å²) in [6.45, 7) is 4.47. The molecule has 0 aromatic carbocycles. The number of phosphoric ester groups is 1. The maximum absolute atomic E-state index is 12.9. The molecule has 0 aromatic heterocycles. The summed E-state index contributed by atoms with van der Waals surface area (Å²) in [6.07, 6.45) is 87.3. The largest absolute Gasteiger partial charge is 0.472 e. The quantitative estimate of drug-likeness (QED) is 0.0211. The standard InChI is InChI=1S/C76H146NO8P/c1-6-8-10-12-14-16-18-20-22-24-26-28-29-30-31-32-33-34-35-36-37-38-39-40-41-42-43-44-45-46-47-49-50-52-54-56-58-60-62-64-66-68-75(78)82-72-74(73-84-86(80,81)83-71-70-77(3,4)5)85-76(79)69-67-65-63-61-59-57-55-53-51-48-27-25-23-21-19-17-15-13-11-9-7-2/h19,21,25,27,51,53,74H,6-18,20,22-24,26,28-50,52,54-73H2,1-5H3/p+1/b21-19-,27-25-,53-51-. The summed E-state index contributed by atoms with van der Waals surface area (Å²) in [5.41, 5.74) is 0. The van der Waals surface area contributed by atoms with Gasteiger partial charge in [-0.2, -0.15) is 0 Å². The van der Waals surface area contributed by atoms with Gasteiger partial charge in [-0.3, -0.25) is 18.6 Å². The molecule has 2 unspecified atom stereocenters. The van der Waals surface area contributed by atoms with E-state index in [1.54, 1.807) is 0 Å². The molecule has 0 heterocycles. The predicted molar refractivity (Wildman–Crippen MR) is 372 cm³/mol. The average Bonchev–Trinajstić information content (AvgIpc) is 3.67. The van der Waals surface area contributed by atoms with E-state index in [4.69, 9.17) is 18.5 Å². The summed E-state index contributed by atoms with van der Waals surface area (Å²) in [5.74, 6) is -0.794. The van der Waals surface area contributed by atoms with Crippen molar-refractivity contribution in [3.63, 3.8) is 0 Å². The van der Waals surface area contributed by atoms with Gasteiger partial charge in [-0.25, -0.2) is 4.57 Å². The normalized spacial score (nSPS) is 13.2. The number of allylic oxidation sites excluding steroid dienone is 6. The van der Waals surface area contributed by atoms with Crippen molar-refractivity contribution in [1.29, 1.82) is 0 Å². The summed E-state index contributed by atoms with van der Waals surface area (Å²) in [7, 11) is 1.48. The van der Waals surface area contributed by atoms with E-state index in [1.807, 2.05) is 21.1 Å². The second kappa shape index (κ2) is 67.6. The first-order chi connectivity index (χ1) is 42.0. The van der Waals surface area contributed by atoms with Gasteiger partial charge < -0.3 is 18.9 Å². The molecule has 0 aliphatic rings. The lowest BCUT2D eigenvalue weighted by molar-refractivity contribution is -0.870. The minimum Gasteiger partial charge on any atom is -0.462 e. The van der Waals surface area contributed by atoms with Crippen LogP contribution >= 0.6 is 7.82 Å². The number of nitrogens with zero attached hydrogens (tertiary/aromatic N) is 1. The number of quaternary nitrogens is 1. The van der Waals surface area contributed by atoms with Crippen LogP contribution in [-0.2, 0) is 32.7 Å². The van der Waals surface area contributed by atoms with Crippen molar-refractivity contribution in [3.8, 4) is 0 Å². The van der Waals surface area contributed by atoms with E-state index in [1.165, 1.54) is 283 Å². The molecule has 0 saturated carbocycles. The third-order valence-corrected chi connectivity index (χ3v) is 18.2. The first kappa shape index (κ1) is 84.2.